The summed E-state index contributed by atoms with van der Waals surface area (Å²) >= 11 is 0. The fourth-order valence-corrected chi connectivity index (χ4v) is 3.18. The van der Waals surface area contributed by atoms with Crippen LogP contribution in [0.15, 0.2) is 30.5 Å². The van der Waals surface area contributed by atoms with Gasteiger partial charge >= 0.3 is 0 Å². The number of nitrogens with zero attached hydrogens (tertiary/aromatic N) is 3. The van der Waals surface area contributed by atoms with Gasteiger partial charge in [-0.1, -0.05) is 12.1 Å². The van der Waals surface area contributed by atoms with Crippen LogP contribution in [0.1, 0.15) is 31.0 Å². The number of aromatic amines is 1. The van der Waals surface area contributed by atoms with Gasteiger partial charge in [-0.2, -0.15) is 15.4 Å². The molecule has 0 spiro atoms. The zero-order valence-corrected chi connectivity index (χ0v) is 14.8. The molecule has 1 aromatic carbocycles. The summed E-state index contributed by atoms with van der Waals surface area (Å²) in [7, 11) is 1.67. The van der Waals surface area contributed by atoms with E-state index in [9.17, 15) is 4.79 Å². The second-order valence-corrected chi connectivity index (χ2v) is 6.57. The van der Waals surface area contributed by atoms with E-state index >= 15 is 0 Å². The molecule has 0 radical (unpaired) electrons. The van der Waals surface area contributed by atoms with Gasteiger partial charge in [0.15, 0.2) is 0 Å². The number of likely N-dealkylation sites (tertiary alicyclic amines) is 1. The lowest BCUT2D eigenvalue weighted by molar-refractivity contribution is -0.129. The van der Waals surface area contributed by atoms with Gasteiger partial charge in [0, 0.05) is 20.2 Å². The average molecular weight is 344 g/mol. The summed E-state index contributed by atoms with van der Waals surface area (Å²) in [5.74, 6) is 0.912. The van der Waals surface area contributed by atoms with Crippen LogP contribution >= 0.6 is 0 Å². The minimum Gasteiger partial charge on any atom is -0.491 e. The largest absolute Gasteiger partial charge is 0.491 e. The Morgan fingerprint density at radius 1 is 1.40 bits per heavy atom. The van der Waals surface area contributed by atoms with Crippen LogP contribution in [-0.2, 0) is 16.0 Å². The molecule has 0 unspecified atom stereocenters. The highest BCUT2D eigenvalue weighted by atomic mass is 16.5. The van der Waals surface area contributed by atoms with Gasteiger partial charge in [-0.3, -0.25) is 4.79 Å². The van der Waals surface area contributed by atoms with Crippen LogP contribution in [0, 0.1) is 0 Å². The number of benzene rings is 1. The van der Waals surface area contributed by atoms with Gasteiger partial charge in [-0.15, -0.1) is 0 Å². The van der Waals surface area contributed by atoms with Crippen LogP contribution < -0.4 is 4.74 Å². The van der Waals surface area contributed by atoms with Gasteiger partial charge in [0.1, 0.15) is 5.75 Å². The summed E-state index contributed by atoms with van der Waals surface area (Å²) in [6.07, 6.45) is 2.08. The summed E-state index contributed by atoms with van der Waals surface area (Å²) in [6.45, 7) is 5.12. The molecule has 0 saturated carbocycles. The van der Waals surface area contributed by atoms with Crippen LogP contribution in [-0.4, -0.2) is 58.6 Å². The van der Waals surface area contributed by atoms with Crippen molar-refractivity contribution in [2.45, 2.75) is 38.4 Å². The Bertz CT molecular complexity index is 702. The van der Waals surface area contributed by atoms with Crippen molar-refractivity contribution in [1.82, 2.24) is 20.3 Å². The molecule has 0 aliphatic carbocycles. The lowest BCUT2D eigenvalue weighted by Gasteiger charge is -2.16. The highest BCUT2D eigenvalue weighted by molar-refractivity contribution is 5.79. The number of H-pyrrole nitrogens is 1. The summed E-state index contributed by atoms with van der Waals surface area (Å²) in [5.41, 5.74) is 1.77. The fourth-order valence-electron chi connectivity index (χ4n) is 3.18. The zero-order valence-electron chi connectivity index (χ0n) is 14.8. The predicted octanol–water partition coefficient (Wildman–Crippen LogP) is 1.78. The Balaban J connectivity index is 1.66. The Hall–Kier alpha value is -2.41. The van der Waals surface area contributed by atoms with Crippen LogP contribution in [0.25, 0.3) is 0 Å². The van der Waals surface area contributed by atoms with Crippen molar-refractivity contribution in [2.24, 2.45) is 0 Å². The second-order valence-electron chi connectivity index (χ2n) is 6.57. The minimum absolute atomic E-state index is 0.0447. The first-order chi connectivity index (χ1) is 12.1. The van der Waals surface area contributed by atoms with E-state index in [1.165, 1.54) is 0 Å². The first-order valence-corrected chi connectivity index (χ1v) is 8.48. The van der Waals surface area contributed by atoms with Gasteiger partial charge in [0.2, 0.25) is 5.91 Å². The molecule has 2 aromatic rings. The van der Waals surface area contributed by atoms with E-state index in [0.29, 0.717) is 19.5 Å². The molecule has 1 aromatic heterocycles. The number of ether oxygens (including phenoxy) is 2. The number of rotatable bonds is 6. The van der Waals surface area contributed by atoms with Crippen molar-refractivity contribution < 1.29 is 14.3 Å². The van der Waals surface area contributed by atoms with Gasteiger partial charge < -0.3 is 14.4 Å². The van der Waals surface area contributed by atoms with E-state index < -0.39 is 0 Å². The molecule has 2 atom stereocenters. The molecule has 1 amide bonds. The number of carbonyl (C=O) groups excluding carboxylic acids is 1. The Labute approximate surface area is 147 Å². The molecule has 1 aliphatic rings. The molecule has 1 N–H and O–H groups in total. The van der Waals surface area contributed by atoms with E-state index in [1.54, 1.807) is 13.3 Å². The lowest BCUT2D eigenvalue weighted by atomic mass is 10.0. The summed E-state index contributed by atoms with van der Waals surface area (Å²) in [6, 6.07) is 7.70. The third-order valence-corrected chi connectivity index (χ3v) is 4.36. The number of hydrogen-bond acceptors (Lipinski definition) is 5. The van der Waals surface area contributed by atoms with Crippen LogP contribution in [0.3, 0.4) is 0 Å². The Kier molecular flexibility index (Phi) is 5.33. The van der Waals surface area contributed by atoms with Crippen molar-refractivity contribution in [3.8, 4) is 5.75 Å². The summed E-state index contributed by atoms with van der Waals surface area (Å²) < 4.78 is 11.2. The standard InChI is InChI=1S/C18H24N4O3/c1-12(2)25-14-6-4-5-13(7-14)8-18(23)22-10-15(17(11-22)24-3)16-9-19-21-20-16/h4-7,9,12,15,17H,8,10-11H2,1-3H3,(H,19,20,21)/t15-,17+/m0/s1. The third kappa shape index (κ3) is 4.17. The van der Waals surface area contributed by atoms with E-state index in [4.69, 9.17) is 9.47 Å². The number of methoxy groups -OCH3 is 1. The molecule has 7 heteroatoms. The van der Waals surface area contributed by atoms with Gasteiger partial charge in [0.25, 0.3) is 0 Å². The SMILES string of the molecule is CO[C@@H]1CN(C(=O)Cc2cccc(OC(C)C)c2)C[C@H]1c1cn[nH]n1. The molecule has 0 bridgehead atoms. The molecule has 1 fully saturated rings. The van der Waals surface area contributed by atoms with Gasteiger partial charge in [0.05, 0.1) is 36.4 Å². The number of hydrogen-bond donors (Lipinski definition) is 1. The number of amides is 1. The molecule has 1 aliphatic heterocycles. The van der Waals surface area contributed by atoms with Crippen molar-refractivity contribution in [3.63, 3.8) is 0 Å². The fraction of sp³-hybridized carbons (Fsp3) is 0.500. The Morgan fingerprint density at radius 2 is 2.24 bits per heavy atom. The maximum Gasteiger partial charge on any atom is 0.227 e. The van der Waals surface area contributed by atoms with Crippen molar-refractivity contribution >= 4 is 5.91 Å². The number of carbonyl (C=O) groups is 1. The van der Waals surface area contributed by atoms with Crippen molar-refractivity contribution in [2.75, 3.05) is 20.2 Å². The second kappa shape index (κ2) is 7.65. The van der Waals surface area contributed by atoms with Crippen LogP contribution in [0.5, 0.6) is 5.75 Å². The molecule has 7 nitrogen and oxygen atoms in total. The van der Waals surface area contributed by atoms with Crippen molar-refractivity contribution in [1.29, 1.82) is 0 Å². The minimum atomic E-state index is -0.0651. The van der Waals surface area contributed by atoms with E-state index in [0.717, 1.165) is 17.0 Å². The first-order valence-electron chi connectivity index (χ1n) is 8.48. The van der Waals surface area contributed by atoms with E-state index in [2.05, 4.69) is 15.4 Å². The highest BCUT2D eigenvalue weighted by Crippen LogP contribution is 2.28. The lowest BCUT2D eigenvalue weighted by Crippen LogP contribution is -2.31. The zero-order chi connectivity index (χ0) is 17.8. The van der Waals surface area contributed by atoms with Gasteiger partial charge in [-0.05, 0) is 31.5 Å². The predicted molar refractivity (Wildman–Crippen MR) is 92.4 cm³/mol. The molecule has 134 valence electrons. The maximum atomic E-state index is 12.7. The monoisotopic (exact) mass is 344 g/mol. The van der Waals surface area contributed by atoms with Crippen molar-refractivity contribution in [3.05, 3.63) is 41.7 Å². The normalized spacial score (nSPS) is 20.2. The molecule has 25 heavy (non-hydrogen) atoms. The van der Waals surface area contributed by atoms with Gasteiger partial charge in [-0.25, -0.2) is 0 Å². The quantitative estimate of drug-likeness (QED) is 0.864. The molecule has 3 rings (SSSR count). The molecular formula is C18H24N4O3. The Morgan fingerprint density at radius 3 is 2.92 bits per heavy atom. The highest BCUT2D eigenvalue weighted by Gasteiger charge is 2.37. The van der Waals surface area contributed by atoms with Crippen LogP contribution in [0.4, 0.5) is 0 Å². The van der Waals surface area contributed by atoms with E-state index in [-0.39, 0.29) is 24.0 Å². The molecular weight excluding hydrogens is 320 g/mol. The van der Waals surface area contributed by atoms with E-state index in [1.807, 2.05) is 43.0 Å². The summed E-state index contributed by atoms with van der Waals surface area (Å²) in [4.78, 5) is 14.5. The first kappa shape index (κ1) is 17.4. The molecule has 2 heterocycles. The van der Waals surface area contributed by atoms with Crippen LogP contribution in [0.2, 0.25) is 0 Å². The smallest absolute Gasteiger partial charge is 0.227 e. The summed E-state index contributed by atoms with van der Waals surface area (Å²) in [5, 5.41) is 10.6. The number of aromatic nitrogens is 3. The number of nitrogens with one attached hydrogen (secondary N) is 1. The average Bonchev–Trinajstić information content (AvgIpc) is 3.23. The maximum absolute atomic E-state index is 12.7. The third-order valence-electron chi connectivity index (χ3n) is 4.36. The topological polar surface area (TPSA) is 80.3 Å². The molecule has 1 saturated heterocycles.